The van der Waals surface area contributed by atoms with Crippen molar-refractivity contribution in [2.45, 2.75) is 44.8 Å². The summed E-state index contributed by atoms with van der Waals surface area (Å²) in [6.45, 7) is 5.16. The van der Waals surface area contributed by atoms with Gasteiger partial charge in [0.05, 0.1) is 18.6 Å². The molecule has 4 rings (SSSR count). The Morgan fingerprint density at radius 2 is 1.63 bits per heavy atom. The third-order valence-corrected chi connectivity index (χ3v) is 8.53. The Bertz CT molecular complexity index is 1780. The van der Waals surface area contributed by atoms with Crippen LogP contribution in [0.1, 0.15) is 50.8 Å². The van der Waals surface area contributed by atoms with Crippen molar-refractivity contribution in [3.63, 3.8) is 0 Å². The second-order valence-corrected chi connectivity index (χ2v) is 12.2. The Labute approximate surface area is 247 Å². The number of carbonyl (C=O) groups is 2. The van der Waals surface area contributed by atoms with Crippen molar-refractivity contribution in [3.8, 4) is 5.75 Å². The maximum atomic E-state index is 12.9. The smallest absolute Gasteiger partial charge is 0.389 e. The van der Waals surface area contributed by atoms with Crippen LogP contribution in [0.15, 0.2) is 71.8 Å². The predicted molar refractivity (Wildman–Crippen MR) is 157 cm³/mol. The van der Waals surface area contributed by atoms with Crippen molar-refractivity contribution < 1.29 is 35.9 Å². The van der Waals surface area contributed by atoms with Gasteiger partial charge in [0.1, 0.15) is 5.75 Å². The number of nitrogens with zero attached hydrogens (tertiary/aromatic N) is 1. The third kappa shape index (κ3) is 7.56. The van der Waals surface area contributed by atoms with E-state index in [9.17, 15) is 31.2 Å². The largest absolute Gasteiger partial charge is 0.496 e. The van der Waals surface area contributed by atoms with Gasteiger partial charge in [-0.1, -0.05) is 37.3 Å². The number of halogens is 3. The van der Waals surface area contributed by atoms with Crippen LogP contribution >= 0.6 is 0 Å². The molecule has 2 N–H and O–H groups in total. The first kappa shape index (κ1) is 31.6. The van der Waals surface area contributed by atoms with E-state index < -0.39 is 40.4 Å². The molecule has 0 saturated heterocycles. The fourth-order valence-corrected chi connectivity index (χ4v) is 6.10. The highest BCUT2D eigenvalue weighted by atomic mass is 32.2. The summed E-state index contributed by atoms with van der Waals surface area (Å²) in [6.07, 6.45) is -3.39. The van der Waals surface area contributed by atoms with Crippen LogP contribution in [0, 0.1) is 19.8 Å². The molecule has 0 spiro atoms. The number of alkyl halides is 3. The second-order valence-electron chi connectivity index (χ2n) is 10.5. The third-order valence-electron chi connectivity index (χ3n) is 7.03. The number of rotatable bonds is 10. The van der Waals surface area contributed by atoms with E-state index in [0.717, 1.165) is 16.5 Å². The summed E-state index contributed by atoms with van der Waals surface area (Å²) in [4.78, 5) is 25.6. The molecule has 0 radical (unpaired) electrons. The predicted octanol–water partition coefficient (Wildman–Crippen LogP) is 5.75. The summed E-state index contributed by atoms with van der Waals surface area (Å²) in [5.74, 6) is -1.70. The molecule has 8 nitrogen and oxygen atoms in total. The van der Waals surface area contributed by atoms with Crippen molar-refractivity contribution in [1.82, 2.24) is 14.6 Å². The van der Waals surface area contributed by atoms with E-state index in [-0.39, 0.29) is 17.0 Å². The maximum Gasteiger partial charge on any atom is 0.389 e. The lowest BCUT2D eigenvalue weighted by Gasteiger charge is -2.15. The average molecular weight is 616 g/mol. The Balaban J connectivity index is 1.54. The first-order chi connectivity index (χ1) is 20.2. The van der Waals surface area contributed by atoms with E-state index in [1.54, 1.807) is 49.4 Å². The number of aryl methyl sites for hydroxylation is 2. The molecule has 0 aliphatic rings. The second kappa shape index (κ2) is 12.5. The molecule has 1 atom stereocenters. The van der Waals surface area contributed by atoms with Gasteiger partial charge in [0.15, 0.2) is 0 Å². The summed E-state index contributed by atoms with van der Waals surface area (Å²) < 4.78 is 73.0. The molecule has 228 valence electrons. The van der Waals surface area contributed by atoms with Crippen LogP contribution in [-0.2, 0) is 16.6 Å². The van der Waals surface area contributed by atoms with Crippen molar-refractivity contribution in [1.29, 1.82) is 0 Å². The standard InChI is InChI=1S/C31H32F3N3O5S/c1-19(15-31(32,33)34)16-35-29(38)22-11-12-25-21(3)17-37(26(25)13-22)18-24-10-9-23(14-27(24)42-4)30(39)36-43(40,41)28-8-6-5-7-20(28)2/h5-14,17,19H,15-16,18H2,1-4H3,(H,35,38)(H,36,39)/t19-/m1/s1. The zero-order valence-corrected chi connectivity index (χ0v) is 24.9. The Kier molecular flexibility index (Phi) is 9.19. The van der Waals surface area contributed by atoms with Gasteiger partial charge >= 0.3 is 6.18 Å². The number of sulfonamides is 1. The molecule has 43 heavy (non-hydrogen) atoms. The van der Waals surface area contributed by atoms with Gasteiger partial charge < -0.3 is 14.6 Å². The topological polar surface area (TPSA) is 106 Å². The van der Waals surface area contributed by atoms with Gasteiger partial charge in [-0.15, -0.1) is 0 Å². The zero-order chi connectivity index (χ0) is 31.5. The van der Waals surface area contributed by atoms with Crippen LogP contribution in [0.3, 0.4) is 0 Å². The summed E-state index contributed by atoms with van der Waals surface area (Å²) in [5.41, 5.74) is 3.25. The molecule has 0 fully saturated rings. The van der Waals surface area contributed by atoms with Gasteiger partial charge in [-0.25, -0.2) is 13.1 Å². The highest BCUT2D eigenvalue weighted by molar-refractivity contribution is 7.90. The fourth-order valence-electron chi connectivity index (χ4n) is 4.88. The molecule has 1 aromatic heterocycles. The van der Waals surface area contributed by atoms with Gasteiger partial charge in [-0.2, -0.15) is 13.2 Å². The molecule has 2 amide bonds. The summed E-state index contributed by atoms with van der Waals surface area (Å²) in [7, 11) is -2.66. The number of carbonyl (C=O) groups excluding carboxylic acids is 2. The zero-order valence-electron chi connectivity index (χ0n) is 24.1. The van der Waals surface area contributed by atoms with E-state index >= 15 is 0 Å². The average Bonchev–Trinajstić information content (AvgIpc) is 3.24. The van der Waals surface area contributed by atoms with Gasteiger partial charge in [0, 0.05) is 46.8 Å². The molecule has 0 aliphatic carbocycles. The normalized spacial score (nSPS) is 12.6. The summed E-state index contributed by atoms with van der Waals surface area (Å²) >= 11 is 0. The van der Waals surface area contributed by atoms with Crippen molar-refractivity contribution >= 4 is 32.7 Å². The molecular formula is C31H32F3N3O5S. The van der Waals surface area contributed by atoms with Gasteiger partial charge in [0.25, 0.3) is 21.8 Å². The quantitative estimate of drug-likeness (QED) is 0.236. The maximum absolute atomic E-state index is 12.9. The van der Waals surface area contributed by atoms with Crippen molar-refractivity contribution in [3.05, 3.63) is 94.7 Å². The number of nitrogens with one attached hydrogen (secondary N) is 2. The molecule has 0 bridgehead atoms. The lowest BCUT2D eigenvalue weighted by Crippen LogP contribution is -2.31. The number of ether oxygens (including phenoxy) is 1. The van der Waals surface area contributed by atoms with Gasteiger partial charge in [0.2, 0.25) is 0 Å². The monoisotopic (exact) mass is 615 g/mol. The lowest BCUT2D eigenvalue weighted by atomic mass is 10.1. The van der Waals surface area contributed by atoms with E-state index in [2.05, 4.69) is 10.0 Å². The Morgan fingerprint density at radius 1 is 0.953 bits per heavy atom. The number of aromatic nitrogens is 1. The van der Waals surface area contributed by atoms with E-state index in [1.807, 2.05) is 17.7 Å². The number of benzene rings is 3. The first-order valence-electron chi connectivity index (χ1n) is 13.4. The molecule has 12 heteroatoms. The summed E-state index contributed by atoms with van der Waals surface area (Å²) in [5, 5.41) is 3.47. The molecule has 1 heterocycles. The number of amides is 2. The number of hydrogen-bond donors (Lipinski definition) is 2. The molecule has 3 aromatic carbocycles. The molecular weight excluding hydrogens is 583 g/mol. The first-order valence-corrected chi connectivity index (χ1v) is 14.9. The van der Waals surface area contributed by atoms with E-state index in [0.29, 0.717) is 29.0 Å². The van der Waals surface area contributed by atoms with Crippen LogP contribution in [-0.4, -0.2) is 44.6 Å². The van der Waals surface area contributed by atoms with Gasteiger partial charge in [-0.3, -0.25) is 9.59 Å². The number of methoxy groups -OCH3 is 1. The van der Waals surface area contributed by atoms with Gasteiger partial charge in [-0.05, 0) is 61.2 Å². The Hall–Kier alpha value is -4.32. The lowest BCUT2D eigenvalue weighted by molar-refractivity contribution is -0.142. The van der Waals surface area contributed by atoms with Crippen molar-refractivity contribution in [2.75, 3.05) is 13.7 Å². The molecule has 0 aliphatic heterocycles. The molecule has 4 aromatic rings. The van der Waals surface area contributed by atoms with Crippen LogP contribution in [0.2, 0.25) is 0 Å². The molecule has 0 unspecified atom stereocenters. The SMILES string of the molecule is COc1cc(C(=O)NS(=O)(=O)c2ccccc2C)ccc1Cn1cc(C)c2ccc(C(=O)NC[C@H](C)CC(F)(F)F)cc21. The van der Waals surface area contributed by atoms with E-state index in [1.165, 1.54) is 32.2 Å². The Morgan fingerprint density at radius 3 is 2.30 bits per heavy atom. The fraction of sp³-hybridized carbons (Fsp3) is 0.290. The minimum atomic E-state index is -4.30. The van der Waals surface area contributed by atoms with Crippen LogP contribution < -0.4 is 14.8 Å². The highest BCUT2D eigenvalue weighted by Gasteiger charge is 2.30. The van der Waals surface area contributed by atoms with Crippen molar-refractivity contribution in [2.24, 2.45) is 5.92 Å². The van der Waals surface area contributed by atoms with Crippen LogP contribution in [0.4, 0.5) is 13.2 Å². The van der Waals surface area contributed by atoms with Crippen LogP contribution in [0.25, 0.3) is 10.9 Å². The minimum absolute atomic E-state index is 0.00524. The highest BCUT2D eigenvalue weighted by Crippen LogP contribution is 2.28. The number of fused-ring (bicyclic) bond motifs is 1. The summed E-state index contributed by atoms with van der Waals surface area (Å²) in [6, 6.07) is 16.0. The van der Waals surface area contributed by atoms with E-state index in [4.69, 9.17) is 4.74 Å². The van der Waals surface area contributed by atoms with Crippen LogP contribution in [0.5, 0.6) is 5.75 Å². The minimum Gasteiger partial charge on any atom is -0.496 e. The molecule has 0 saturated carbocycles. The number of hydrogen-bond acceptors (Lipinski definition) is 5.